The largest absolute Gasteiger partial charge is 0.491 e. The van der Waals surface area contributed by atoms with Crippen molar-refractivity contribution in [1.29, 1.82) is 5.26 Å². The lowest BCUT2D eigenvalue weighted by Gasteiger charge is -2.20. The molecule has 59 heavy (non-hydrogen) atoms. The van der Waals surface area contributed by atoms with Crippen LogP contribution in [0.25, 0.3) is 0 Å². The average molecular weight is 804 g/mol. The second-order valence-corrected chi connectivity index (χ2v) is 12.0. The topological polar surface area (TPSA) is 242 Å². The van der Waals surface area contributed by atoms with Crippen molar-refractivity contribution in [3.05, 3.63) is 127 Å². The number of anilines is 4. The lowest BCUT2D eigenvalue weighted by atomic mass is 10.1. The van der Waals surface area contributed by atoms with Crippen LogP contribution in [0, 0.1) is 11.3 Å². The fourth-order valence-electron chi connectivity index (χ4n) is 5.23. The Morgan fingerprint density at radius 2 is 1.31 bits per heavy atom. The van der Waals surface area contributed by atoms with E-state index in [2.05, 4.69) is 46.0 Å². The van der Waals surface area contributed by atoms with Gasteiger partial charge in [-0.25, -0.2) is 9.78 Å². The summed E-state index contributed by atoms with van der Waals surface area (Å²) in [6, 6.07) is 15.1. The molecule has 0 bridgehead atoms. The first-order valence-corrected chi connectivity index (χ1v) is 17.6. The minimum atomic E-state index is -1.20. The van der Waals surface area contributed by atoms with Gasteiger partial charge in [0.2, 0.25) is 5.91 Å². The van der Waals surface area contributed by atoms with Crippen molar-refractivity contribution in [1.82, 2.24) is 10.3 Å². The van der Waals surface area contributed by atoms with Crippen LogP contribution in [-0.2, 0) is 9.53 Å². The molecule has 1 atom stereocenters. The van der Waals surface area contributed by atoms with E-state index in [0.717, 1.165) is 0 Å². The van der Waals surface area contributed by atoms with Gasteiger partial charge in [0.1, 0.15) is 37.1 Å². The third-order valence-electron chi connectivity index (χ3n) is 7.97. The number of nitrogens with two attached hydrogens (primary N) is 1. The van der Waals surface area contributed by atoms with Crippen LogP contribution in [0.1, 0.15) is 48.0 Å². The highest BCUT2D eigenvalue weighted by molar-refractivity contribution is 6.10. The minimum absolute atomic E-state index is 0.00387. The average Bonchev–Trinajstić information content (AvgIpc) is 3.24. The summed E-state index contributed by atoms with van der Waals surface area (Å²) >= 11 is 0. The van der Waals surface area contributed by atoms with E-state index in [4.69, 9.17) is 29.4 Å². The molecule has 0 aliphatic heterocycles. The standard InChI is InChI=1S/C42H41N7O10/c1-6-21-57-34-28(39(51)47-30-18-15-29(42(54)59-23-8-3)35(37(30)56-5)58-22-7-2)14-17-31(36(34)55-4)48-40(52)32-16-13-27(24-45-32)46-41(53)33(19-20-43)49-38(50)25-9-11-26(44)12-10-25/h6-18,24,33H,1-3,19,21-23,44H2,4-5H3,(H,46,53)(H,47,51)(H,48,52)(H,49,50)/t33-/m0/s1. The van der Waals surface area contributed by atoms with Crippen molar-refractivity contribution in [2.45, 2.75) is 12.5 Å². The van der Waals surface area contributed by atoms with Crippen LogP contribution < -0.4 is 45.9 Å². The van der Waals surface area contributed by atoms with Gasteiger partial charge >= 0.3 is 5.97 Å². The summed E-state index contributed by atoms with van der Waals surface area (Å²) in [6.07, 6.45) is 5.23. The molecule has 0 aliphatic carbocycles. The predicted octanol–water partition coefficient (Wildman–Crippen LogP) is 5.31. The number of esters is 1. The van der Waals surface area contributed by atoms with E-state index in [1.807, 2.05) is 6.07 Å². The first-order valence-electron chi connectivity index (χ1n) is 17.6. The molecule has 4 rings (SSSR count). The Labute approximate surface area is 339 Å². The molecule has 0 saturated heterocycles. The van der Waals surface area contributed by atoms with E-state index in [-0.39, 0.29) is 88.7 Å². The van der Waals surface area contributed by atoms with Crippen molar-refractivity contribution in [3.8, 4) is 29.1 Å². The molecule has 0 unspecified atom stereocenters. The molecule has 17 nitrogen and oxygen atoms in total. The van der Waals surface area contributed by atoms with Crippen molar-refractivity contribution in [3.63, 3.8) is 0 Å². The number of ether oxygens (including phenoxy) is 5. The Hall–Kier alpha value is -8.13. The highest BCUT2D eigenvalue weighted by atomic mass is 16.5. The van der Waals surface area contributed by atoms with Gasteiger partial charge in [-0.15, -0.1) is 0 Å². The maximum absolute atomic E-state index is 13.8. The number of nitrogens with one attached hydrogen (secondary N) is 4. The Bertz CT molecular complexity index is 2270. The monoisotopic (exact) mass is 803 g/mol. The molecule has 1 heterocycles. The summed E-state index contributed by atoms with van der Waals surface area (Å²) in [7, 11) is 2.65. The number of hydrogen-bond acceptors (Lipinski definition) is 13. The van der Waals surface area contributed by atoms with Gasteiger partial charge in [0.25, 0.3) is 17.7 Å². The van der Waals surface area contributed by atoms with Crippen LogP contribution in [0.5, 0.6) is 23.0 Å². The third kappa shape index (κ3) is 11.2. The minimum Gasteiger partial charge on any atom is -0.491 e. The van der Waals surface area contributed by atoms with Crippen molar-refractivity contribution in [2.24, 2.45) is 0 Å². The van der Waals surface area contributed by atoms with Gasteiger partial charge in [0, 0.05) is 11.3 Å². The Morgan fingerprint density at radius 3 is 1.85 bits per heavy atom. The number of rotatable bonds is 20. The first-order chi connectivity index (χ1) is 28.5. The fraction of sp³-hybridized carbons (Fsp3) is 0.167. The molecule has 17 heteroatoms. The molecule has 3 aromatic carbocycles. The van der Waals surface area contributed by atoms with Crippen LogP contribution in [0.4, 0.5) is 22.7 Å². The maximum Gasteiger partial charge on any atom is 0.342 e. The van der Waals surface area contributed by atoms with Crippen molar-refractivity contribution >= 4 is 52.3 Å². The quantitative estimate of drug-likeness (QED) is 0.0433. The normalized spacial score (nSPS) is 10.7. The number of amides is 4. The molecule has 0 aliphatic rings. The molecule has 304 valence electrons. The summed E-state index contributed by atoms with van der Waals surface area (Å²) in [5.74, 6) is -3.37. The van der Waals surface area contributed by atoms with Crippen LogP contribution in [-0.4, -0.2) is 74.7 Å². The van der Waals surface area contributed by atoms with Gasteiger partial charge in [-0.1, -0.05) is 38.0 Å². The van der Waals surface area contributed by atoms with E-state index in [1.54, 1.807) is 0 Å². The molecule has 0 spiro atoms. The summed E-state index contributed by atoms with van der Waals surface area (Å²) in [6.45, 7) is 10.8. The van der Waals surface area contributed by atoms with E-state index in [1.165, 1.54) is 99.3 Å². The van der Waals surface area contributed by atoms with Gasteiger partial charge in [-0.2, -0.15) is 5.26 Å². The van der Waals surface area contributed by atoms with Gasteiger partial charge in [-0.05, 0) is 60.7 Å². The molecule has 6 N–H and O–H groups in total. The number of hydrogen-bond donors (Lipinski definition) is 5. The zero-order valence-electron chi connectivity index (χ0n) is 32.2. The Balaban J connectivity index is 1.54. The van der Waals surface area contributed by atoms with Gasteiger partial charge in [-0.3, -0.25) is 19.2 Å². The molecule has 0 fully saturated rings. The van der Waals surface area contributed by atoms with E-state index in [0.29, 0.717) is 5.69 Å². The van der Waals surface area contributed by atoms with E-state index >= 15 is 0 Å². The number of nitriles is 1. The van der Waals surface area contributed by atoms with Gasteiger partial charge in [0.15, 0.2) is 23.0 Å². The molecule has 4 aromatic rings. The first kappa shape index (κ1) is 43.6. The summed E-state index contributed by atoms with van der Waals surface area (Å²) in [4.78, 5) is 69.8. The van der Waals surface area contributed by atoms with Crippen LogP contribution >= 0.6 is 0 Å². The summed E-state index contributed by atoms with van der Waals surface area (Å²) in [5, 5.41) is 19.8. The highest BCUT2D eigenvalue weighted by Crippen LogP contribution is 2.42. The van der Waals surface area contributed by atoms with Gasteiger partial charge in [0.05, 0.1) is 55.5 Å². The van der Waals surface area contributed by atoms with Gasteiger partial charge < -0.3 is 50.7 Å². The zero-order chi connectivity index (χ0) is 42.9. The maximum atomic E-state index is 13.8. The SMILES string of the molecule is C=CCOC(=O)c1ccc(NC(=O)c2ccc(NC(=O)c3ccc(NC(=O)[C@H](CC#N)NC(=O)c4ccc(N)cc4)cn3)c(OC)c2OCC=C)c(OC)c1OCC=C. The molecular weight excluding hydrogens is 763 g/mol. The lowest BCUT2D eigenvalue weighted by molar-refractivity contribution is -0.117. The second kappa shape index (κ2) is 21.2. The van der Waals surface area contributed by atoms with Crippen LogP contribution in [0.3, 0.4) is 0 Å². The number of pyridine rings is 1. The smallest absolute Gasteiger partial charge is 0.342 e. The molecule has 4 amide bonds. The molecular formula is C42H41N7O10. The number of nitrogen functional groups attached to an aromatic ring is 1. The van der Waals surface area contributed by atoms with E-state index < -0.39 is 35.6 Å². The lowest BCUT2D eigenvalue weighted by Crippen LogP contribution is -2.43. The third-order valence-corrected chi connectivity index (χ3v) is 7.97. The number of aromatic nitrogens is 1. The Morgan fingerprint density at radius 1 is 0.729 bits per heavy atom. The highest BCUT2D eigenvalue weighted by Gasteiger charge is 2.27. The summed E-state index contributed by atoms with van der Waals surface area (Å²) < 4.78 is 27.9. The number of carbonyl (C=O) groups is 5. The van der Waals surface area contributed by atoms with Crippen molar-refractivity contribution in [2.75, 3.05) is 55.7 Å². The predicted molar refractivity (Wildman–Crippen MR) is 219 cm³/mol. The zero-order valence-corrected chi connectivity index (χ0v) is 32.2. The fourth-order valence-corrected chi connectivity index (χ4v) is 5.23. The van der Waals surface area contributed by atoms with Crippen LogP contribution in [0.15, 0.2) is 105 Å². The number of nitrogens with zero attached hydrogens (tertiary/aromatic N) is 2. The molecule has 0 radical (unpaired) electrons. The molecule has 1 aromatic heterocycles. The molecule has 0 saturated carbocycles. The second-order valence-electron chi connectivity index (χ2n) is 12.0. The van der Waals surface area contributed by atoms with Crippen LogP contribution in [0.2, 0.25) is 0 Å². The number of carbonyl (C=O) groups excluding carboxylic acids is 5. The van der Waals surface area contributed by atoms with Crippen molar-refractivity contribution < 1.29 is 47.7 Å². The summed E-state index contributed by atoms with van der Waals surface area (Å²) in [5.41, 5.74) is 6.77. The number of methoxy groups -OCH3 is 2. The number of benzene rings is 3. The Kier molecular flexibility index (Phi) is 15.7. The van der Waals surface area contributed by atoms with E-state index in [9.17, 15) is 29.2 Å².